The number of benzene rings is 1. The lowest BCUT2D eigenvalue weighted by Gasteiger charge is -2.35. The lowest BCUT2D eigenvalue weighted by molar-refractivity contribution is -0.274. The van der Waals surface area contributed by atoms with Crippen LogP contribution in [0.3, 0.4) is 0 Å². The van der Waals surface area contributed by atoms with Gasteiger partial charge in [0.15, 0.2) is 9.84 Å². The average Bonchev–Trinajstić information content (AvgIpc) is 3.03. The Morgan fingerprint density at radius 1 is 1.26 bits per heavy atom. The summed E-state index contributed by atoms with van der Waals surface area (Å²) in [5, 5.41) is -0.967. The highest BCUT2D eigenvalue weighted by Crippen LogP contribution is 2.36. The minimum absolute atomic E-state index is 0.200. The van der Waals surface area contributed by atoms with Crippen molar-refractivity contribution in [2.75, 3.05) is 6.26 Å². The molecule has 0 saturated heterocycles. The van der Waals surface area contributed by atoms with E-state index in [0.29, 0.717) is 5.56 Å². The Morgan fingerprint density at radius 2 is 1.93 bits per heavy atom. The second-order valence-electron chi connectivity index (χ2n) is 5.74. The van der Waals surface area contributed by atoms with Gasteiger partial charge in [-0.15, -0.1) is 24.8 Å². The normalized spacial score (nSPS) is 22.8. The number of alkyl halides is 4. The van der Waals surface area contributed by atoms with E-state index in [9.17, 15) is 21.6 Å². The maximum Gasteiger partial charge on any atom is 0.573 e. The molecule has 1 aliphatic rings. The lowest BCUT2D eigenvalue weighted by atomic mass is 10.1. The van der Waals surface area contributed by atoms with Gasteiger partial charge in [-0.1, -0.05) is 0 Å². The van der Waals surface area contributed by atoms with Crippen molar-refractivity contribution in [1.29, 1.82) is 0 Å². The summed E-state index contributed by atoms with van der Waals surface area (Å²) in [5.74, 6) is -0.203. The average molecular weight is 420 g/mol. The highest BCUT2D eigenvalue weighted by atomic mass is 35.5. The molecule has 0 radical (unpaired) electrons. The maximum atomic E-state index is 12.6. The summed E-state index contributed by atoms with van der Waals surface area (Å²) in [6.45, 7) is 0. The van der Waals surface area contributed by atoms with Crippen LogP contribution in [0.5, 0.6) is 5.75 Å². The van der Waals surface area contributed by atoms with Gasteiger partial charge in [-0.25, -0.2) is 13.4 Å². The van der Waals surface area contributed by atoms with Gasteiger partial charge >= 0.3 is 6.36 Å². The van der Waals surface area contributed by atoms with E-state index in [1.165, 1.54) is 47.6 Å². The Bertz CT molecular complexity index is 1000. The molecule has 0 aliphatic carbocycles. The fourth-order valence-corrected chi connectivity index (χ4v) is 4.72. The lowest BCUT2D eigenvalue weighted by Crippen LogP contribution is -2.50. The smallest absolute Gasteiger partial charge is 0.406 e. The number of sulfone groups is 1. The molecule has 0 bridgehead atoms. The van der Waals surface area contributed by atoms with Gasteiger partial charge in [-0.2, -0.15) is 0 Å². The Morgan fingerprint density at radius 3 is 2.48 bits per heavy atom. The molecule has 144 valence electrons. The Hall–Kier alpha value is -2.33. The SMILES string of the molecule is CS(=O)(=O)C1(n2ccnc2-c2ccc(OC(F)(F)F)cc2)C=NC=CC1Cl. The van der Waals surface area contributed by atoms with Crippen LogP contribution in [0, 0.1) is 0 Å². The largest absolute Gasteiger partial charge is 0.573 e. The van der Waals surface area contributed by atoms with Crippen LogP contribution in [0.25, 0.3) is 11.4 Å². The summed E-state index contributed by atoms with van der Waals surface area (Å²) in [6.07, 6.45) is 3.06. The third-order valence-electron chi connectivity index (χ3n) is 3.95. The van der Waals surface area contributed by atoms with E-state index in [0.717, 1.165) is 18.4 Å². The number of aliphatic imine (C=N–C) groups is 1. The van der Waals surface area contributed by atoms with Crippen LogP contribution in [0.15, 0.2) is 53.9 Å². The Labute approximate surface area is 157 Å². The van der Waals surface area contributed by atoms with Gasteiger partial charge < -0.3 is 9.30 Å². The molecule has 2 unspecified atom stereocenters. The van der Waals surface area contributed by atoms with E-state index in [1.807, 2.05) is 0 Å². The minimum Gasteiger partial charge on any atom is -0.406 e. The van der Waals surface area contributed by atoms with Gasteiger partial charge in [0.25, 0.3) is 0 Å². The second-order valence-corrected chi connectivity index (χ2v) is 8.41. The molecule has 2 heterocycles. The molecule has 27 heavy (non-hydrogen) atoms. The quantitative estimate of drug-likeness (QED) is 0.712. The van der Waals surface area contributed by atoms with Crippen LogP contribution in [-0.2, 0) is 14.7 Å². The molecule has 0 fully saturated rings. The first-order valence-corrected chi connectivity index (χ1v) is 9.82. The van der Waals surface area contributed by atoms with Crippen molar-refractivity contribution in [3.8, 4) is 17.1 Å². The summed E-state index contributed by atoms with van der Waals surface area (Å²) in [5.41, 5.74) is 0.379. The first-order valence-electron chi connectivity index (χ1n) is 7.49. The van der Waals surface area contributed by atoms with Gasteiger partial charge in [0, 0.05) is 36.6 Å². The van der Waals surface area contributed by atoms with Crippen molar-refractivity contribution < 1.29 is 26.3 Å². The minimum atomic E-state index is -4.81. The number of halogens is 4. The summed E-state index contributed by atoms with van der Waals surface area (Å²) in [7, 11) is -3.81. The number of allylic oxidation sites excluding steroid dienone is 1. The molecule has 3 rings (SSSR count). The molecule has 0 N–H and O–H groups in total. The van der Waals surface area contributed by atoms with Gasteiger partial charge in [0.1, 0.15) is 11.6 Å². The number of hydrogen-bond acceptors (Lipinski definition) is 5. The topological polar surface area (TPSA) is 73.5 Å². The van der Waals surface area contributed by atoms with E-state index >= 15 is 0 Å². The van der Waals surface area contributed by atoms with E-state index in [2.05, 4.69) is 14.7 Å². The molecule has 11 heteroatoms. The Balaban J connectivity index is 2.08. The zero-order valence-corrected chi connectivity index (χ0v) is 15.3. The number of ether oxygens (including phenoxy) is 1. The number of nitrogens with zero attached hydrogens (tertiary/aromatic N) is 3. The first-order chi connectivity index (χ1) is 12.5. The van der Waals surface area contributed by atoms with Gasteiger partial charge in [-0.05, 0) is 30.3 Å². The van der Waals surface area contributed by atoms with Crippen molar-refractivity contribution in [2.45, 2.75) is 16.6 Å². The van der Waals surface area contributed by atoms with Crippen LogP contribution in [0.2, 0.25) is 0 Å². The molecule has 0 amide bonds. The number of rotatable bonds is 4. The van der Waals surface area contributed by atoms with Crippen molar-refractivity contribution in [3.63, 3.8) is 0 Å². The second kappa shape index (κ2) is 6.68. The molecule has 1 aliphatic heterocycles. The zero-order valence-electron chi connectivity index (χ0n) is 13.8. The van der Waals surface area contributed by atoms with Crippen molar-refractivity contribution in [3.05, 3.63) is 48.9 Å². The molecule has 6 nitrogen and oxygen atoms in total. The number of hydrogen-bond donors (Lipinski definition) is 0. The standard InChI is InChI=1S/C16H13ClF3N3O3S/c1-27(24,25)15(10-21-7-6-13(15)17)23-9-8-22-14(23)11-2-4-12(5-3-11)26-16(18,19)20/h2-10,13H,1H3. The third-order valence-corrected chi connectivity index (χ3v) is 6.30. The number of imidazole rings is 1. The highest BCUT2D eigenvalue weighted by molar-refractivity contribution is 7.92. The van der Waals surface area contributed by atoms with E-state index in [4.69, 9.17) is 11.6 Å². The van der Waals surface area contributed by atoms with E-state index < -0.39 is 32.2 Å². The molecule has 0 saturated carbocycles. The molecule has 0 spiro atoms. The molecule has 2 aromatic rings. The van der Waals surface area contributed by atoms with Crippen molar-refractivity contribution >= 4 is 27.7 Å². The third kappa shape index (κ3) is 3.59. The van der Waals surface area contributed by atoms with Crippen LogP contribution in [0.4, 0.5) is 13.2 Å². The van der Waals surface area contributed by atoms with E-state index in [1.54, 1.807) is 0 Å². The van der Waals surface area contributed by atoms with Gasteiger partial charge in [-0.3, -0.25) is 4.99 Å². The fraction of sp³-hybridized carbons (Fsp3) is 0.250. The predicted molar refractivity (Wildman–Crippen MR) is 94.4 cm³/mol. The fourth-order valence-electron chi connectivity index (χ4n) is 2.76. The van der Waals surface area contributed by atoms with Crippen LogP contribution in [0.1, 0.15) is 0 Å². The molecule has 1 aromatic heterocycles. The van der Waals surface area contributed by atoms with Crippen molar-refractivity contribution in [1.82, 2.24) is 9.55 Å². The monoisotopic (exact) mass is 419 g/mol. The molecule has 1 aromatic carbocycles. The number of aromatic nitrogens is 2. The molecule has 2 atom stereocenters. The molecular formula is C16H13ClF3N3O3S. The molecular weight excluding hydrogens is 407 g/mol. The van der Waals surface area contributed by atoms with E-state index in [-0.39, 0.29) is 5.82 Å². The zero-order chi connectivity index (χ0) is 19.9. The summed E-state index contributed by atoms with van der Waals surface area (Å²) in [6, 6.07) is 4.91. The predicted octanol–water partition coefficient (Wildman–Crippen LogP) is 3.35. The Kier molecular flexibility index (Phi) is 4.81. The van der Waals surface area contributed by atoms with Gasteiger partial charge in [0.2, 0.25) is 4.87 Å². The van der Waals surface area contributed by atoms with Gasteiger partial charge in [0.05, 0.1) is 5.38 Å². The highest BCUT2D eigenvalue weighted by Gasteiger charge is 2.49. The van der Waals surface area contributed by atoms with Crippen molar-refractivity contribution in [2.24, 2.45) is 4.99 Å². The summed E-state index contributed by atoms with van der Waals surface area (Å²) < 4.78 is 67.3. The van der Waals surface area contributed by atoms with Crippen LogP contribution < -0.4 is 4.74 Å². The summed E-state index contributed by atoms with van der Waals surface area (Å²) >= 11 is 6.32. The van der Waals surface area contributed by atoms with Crippen LogP contribution in [-0.4, -0.2) is 42.2 Å². The first kappa shape index (κ1) is 19.4. The van der Waals surface area contributed by atoms with Crippen LogP contribution >= 0.6 is 11.6 Å². The summed E-state index contributed by atoms with van der Waals surface area (Å²) in [4.78, 5) is 6.35. The maximum absolute atomic E-state index is 12.6.